The molecule has 0 saturated heterocycles. The second kappa shape index (κ2) is 4.23. The number of rotatable bonds is 1. The Labute approximate surface area is 113 Å². The van der Waals surface area contributed by atoms with Crippen molar-refractivity contribution in [2.75, 3.05) is 0 Å². The number of aryl methyl sites for hydroxylation is 1. The summed E-state index contributed by atoms with van der Waals surface area (Å²) in [5, 5.41) is 8.42. The van der Waals surface area contributed by atoms with Crippen molar-refractivity contribution in [2.24, 2.45) is 0 Å². The van der Waals surface area contributed by atoms with Gasteiger partial charge in [0.25, 0.3) is 0 Å². The number of hydrogen-bond acceptors (Lipinski definition) is 3. The Morgan fingerprint density at radius 3 is 2.78 bits per heavy atom. The van der Waals surface area contributed by atoms with Crippen LogP contribution in [0.5, 0.6) is 0 Å². The van der Waals surface area contributed by atoms with Crippen LogP contribution in [0.3, 0.4) is 0 Å². The van der Waals surface area contributed by atoms with Gasteiger partial charge in [-0.25, -0.2) is 4.98 Å². The minimum Gasteiger partial charge on any atom is -0.261 e. The standard InChI is InChI=1S/C12H8Cl2N4/c1-6-2-3-7(4-9(6)13)10-8-5-15-18-11(8)17-12(14)16-10/h2-5H,1H3,(H,15,16,17,18). The summed E-state index contributed by atoms with van der Waals surface area (Å²) in [6, 6.07) is 5.76. The summed E-state index contributed by atoms with van der Waals surface area (Å²) in [6.07, 6.45) is 1.68. The molecule has 0 aliphatic carbocycles. The number of halogens is 2. The average Bonchev–Trinajstić information content (AvgIpc) is 2.79. The fraction of sp³-hybridized carbons (Fsp3) is 0.0833. The number of fused-ring (bicyclic) bond motifs is 1. The van der Waals surface area contributed by atoms with Crippen LogP contribution in [0.15, 0.2) is 24.4 Å². The molecule has 0 radical (unpaired) electrons. The summed E-state index contributed by atoms with van der Waals surface area (Å²) in [7, 11) is 0. The largest absolute Gasteiger partial charge is 0.261 e. The van der Waals surface area contributed by atoms with Gasteiger partial charge < -0.3 is 0 Å². The Morgan fingerprint density at radius 1 is 1.17 bits per heavy atom. The predicted octanol–water partition coefficient (Wildman–Crippen LogP) is 3.64. The highest BCUT2D eigenvalue weighted by molar-refractivity contribution is 6.31. The second-order valence-electron chi connectivity index (χ2n) is 3.94. The maximum Gasteiger partial charge on any atom is 0.224 e. The molecule has 90 valence electrons. The van der Waals surface area contributed by atoms with Gasteiger partial charge in [-0.1, -0.05) is 23.7 Å². The van der Waals surface area contributed by atoms with Crippen molar-refractivity contribution in [3.8, 4) is 11.3 Å². The predicted molar refractivity (Wildman–Crippen MR) is 71.9 cm³/mol. The van der Waals surface area contributed by atoms with Gasteiger partial charge in [0.15, 0.2) is 5.65 Å². The second-order valence-corrected chi connectivity index (χ2v) is 4.68. The van der Waals surface area contributed by atoms with Gasteiger partial charge in [-0.05, 0) is 30.2 Å². The molecule has 3 rings (SSSR count). The van der Waals surface area contributed by atoms with E-state index in [4.69, 9.17) is 23.2 Å². The van der Waals surface area contributed by atoms with Gasteiger partial charge >= 0.3 is 0 Å². The molecule has 6 heteroatoms. The van der Waals surface area contributed by atoms with Crippen LogP contribution in [0.4, 0.5) is 0 Å². The summed E-state index contributed by atoms with van der Waals surface area (Å²) in [6.45, 7) is 1.95. The molecule has 1 aromatic carbocycles. The van der Waals surface area contributed by atoms with Crippen molar-refractivity contribution in [1.29, 1.82) is 0 Å². The Bertz CT molecular complexity index is 736. The fourth-order valence-electron chi connectivity index (χ4n) is 1.77. The molecule has 0 fully saturated rings. The van der Waals surface area contributed by atoms with Gasteiger partial charge in [0.2, 0.25) is 5.28 Å². The van der Waals surface area contributed by atoms with Crippen molar-refractivity contribution in [2.45, 2.75) is 6.92 Å². The molecule has 0 atom stereocenters. The van der Waals surface area contributed by atoms with Crippen molar-refractivity contribution < 1.29 is 0 Å². The fourth-order valence-corrected chi connectivity index (χ4v) is 2.12. The average molecular weight is 279 g/mol. The zero-order valence-corrected chi connectivity index (χ0v) is 10.9. The number of aromatic nitrogens is 4. The van der Waals surface area contributed by atoms with E-state index < -0.39 is 0 Å². The zero-order chi connectivity index (χ0) is 12.7. The maximum absolute atomic E-state index is 6.13. The first kappa shape index (κ1) is 11.4. The number of nitrogens with one attached hydrogen (secondary N) is 1. The highest BCUT2D eigenvalue weighted by Crippen LogP contribution is 2.29. The lowest BCUT2D eigenvalue weighted by atomic mass is 10.1. The van der Waals surface area contributed by atoms with Gasteiger partial charge in [0.05, 0.1) is 17.3 Å². The first-order valence-electron chi connectivity index (χ1n) is 5.28. The van der Waals surface area contributed by atoms with E-state index in [1.165, 1.54) is 0 Å². The topological polar surface area (TPSA) is 54.5 Å². The summed E-state index contributed by atoms with van der Waals surface area (Å²) in [4.78, 5) is 8.32. The highest BCUT2D eigenvalue weighted by atomic mass is 35.5. The van der Waals surface area contributed by atoms with E-state index in [1.807, 2.05) is 25.1 Å². The monoisotopic (exact) mass is 278 g/mol. The highest BCUT2D eigenvalue weighted by Gasteiger charge is 2.11. The van der Waals surface area contributed by atoms with Crippen LogP contribution in [0.2, 0.25) is 10.3 Å². The third kappa shape index (κ3) is 1.83. The van der Waals surface area contributed by atoms with Crippen molar-refractivity contribution in [3.05, 3.63) is 40.3 Å². The van der Waals surface area contributed by atoms with Gasteiger partial charge in [-0.3, -0.25) is 5.10 Å². The summed E-state index contributed by atoms with van der Waals surface area (Å²) in [5.41, 5.74) is 3.24. The maximum atomic E-state index is 6.13. The van der Waals surface area contributed by atoms with Crippen LogP contribution < -0.4 is 0 Å². The van der Waals surface area contributed by atoms with E-state index >= 15 is 0 Å². The van der Waals surface area contributed by atoms with E-state index in [0.29, 0.717) is 10.7 Å². The van der Waals surface area contributed by atoms with Gasteiger partial charge in [0.1, 0.15) is 0 Å². The molecule has 0 spiro atoms. The minimum absolute atomic E-state index is 0.179. The Balaban J connectivity index is 2.30. The Hall–Kier alpha value is -1.65. The molecule has 18 heavy (non-hydrogen) atoms. The molecule has 3 aromatic rings. The lowest BCUT2D eigenvalue weighted by Gasteiger charge is -2.05. The van der Waals surface area contributed by atoms with Crippen LogP contribution in [0, 0.1) is 6.92 Å². The Morgan fingerprint density at radius 2 is 2.00 bits per heavy atom. The van der Waals surface area contributed by atoms with Gasteiger partial charge in [-0.2, -0.15) is 10.1 Å². The first-order chi connectivity index (χ1) is 8.65. The number of nitrogens with zero attached hydrogens (tertiary/aromatic N) is 3. The van der Waals surface area contributed by atoms with Crippen LogP contribution in [-0.4, -0.2) is 20.2 Å². The molecular formula is C12H8Cl2N4. The molecule has 0 amide bonds. The third-order valence-electron chi connectivity index (χ3n) is 2.73. The smallest absolute Gasteiger partial charge is 0.224 e. The molecule has 0 aliphatic rings. The van der Waals surface area contributed by atoms with Crippen LogP contribution in [0.25, 0.3) is 22.3 Å². The molecule has 0 saturated carbocycles. The molecule has 4 nitrogen and oxygen atoms in total. The molecule has 2 heterocycles. The Kier molecular flexibility index (Phi) is 2.69. The van der Waals surface area contributed by atoms with Gasteiger partial charge in [0, 0.05) is 10.6 Å². The molecule has 0 aliphatic heterocycles. The lowest BCUT2D eigenvalue weighted by Crippen LogP contribution is -1.90. The molecule has 2 aromatic heterocycles. The van der Waals surface area contributed by atoms with Gasteiger partial charge in [-0.15, -0.1) is 0 Å². The lowest BCUT2D eigenvalue weighted by molar-refractivity contribution is 1.09. The molecule has 0 unspecified atom stereocenters. The van der Waals surface area contributed by atoms with Crippen LogP contribution >= 0.6 is 23.2 Å². The van der Waals surface area contributed by atoms with Crippen LogP contribution in [0.1, 0.15) is 5.56 Å². The normalized spacial score (nSPS) is 11.1. The zero-order valence-electron chi connectivity index (χ0n) is 9.41. The van der Waals surface area contributed by atoms with Crippen LogP contribution in [-0.2, 0) is 0 Å². The molecule has 1 N–H and O–H groups in total. The summed E-state index contributed by atoms with van der Waals surface area (Å²) >= 11 is 12.0. The SMILES string of the molecule is Cc1ccc(-c2nc(Cl)nc3[nH]ncc23)cc1Cl. The van der Waals surface area contributed by atoms with Crippen molar-refractivity contribution in [3.63, 3.8) is 0 Å². The minimum atomic E-state index is 0.179. The third-order valence-corrected chi connectivity index (χ3v) is 3.30. The summed E-state index contributed by atoms with van der Waals surface area (Å²) < 4.78 is 0. The number of benzene rings is 1. The molecular weight excluding hydrogens is 271 g/mol. The number of hydrogen-bond donors (Lipinski definition) is 1. The summed E-state index contributed by atoms with van der Waals surface area (Å²) in [5.74, 6) is 0. The first-order valence-corrected chi connectivity index (χ1v) is 6.04. The number of aromatic amines is 1. The number of H-pyrrole nitrogens is 1. The van der Waals surface area contributed by atoms with E-state index in [0.717, 1.165) is 22.2 Å². The van der Waals surface area contributed by atoms with E-state index in [-0.39, 0.29) is 5.28 Å². The van der Waals surface area contributed by atoms with E-state index in [1.54, 1.807) is 6.20 Å². The van der Waals surface area contributed by atoms with Crippen molar-refractivity contribution in [1.82, 2.24) is 20.2 Å². The van der Waals surface area contributed by atoms with E-state index in [9.17, 15) is 0 Å². The van der Waals surface area contributed by atoms with Crippen molar-refractivity contribution >= 4 is 34.2 Å². The quantitative estimate of drug-likeness (QED) is 0.692. The van der Waals surface area contributed by atoms with E-state index in [2.05, 4.69) is 20.2 Å². The molecule has 0 bridgehead atoms.